The number of hydrogen-bond acceptors (Lipinski definition) is 6. The molecule has 2 aromatic carbocycles. The molecule has 1 saturated heterocycles. The van der Waals surface area contributed by atoms with Crippen LogP contribution in [0.5, 0.6) is 5.75 Å². The zero-order valence-corrected chi connectivity index (χ0v) is 20.9. The molecule has 1 aliphatic heterocycles. The Bertz CT molecular complexity index is 1140. The minimum absolute atomic E-state index is 0.00833. The quantitative estimate of drug-likeness (QED) is 0.411. The smallest absolute Gasteiger partial charge is 0.326 e. The molecule has 0 radical (unpaired) electrons. The number of carbonyl (C=O) groups excluding carboxylic acids is 1. The van der Waals surface area contributed by atoms with E-state index in [1.54, 1.807) is 31.4 Å². The minimum atomic E-state index is -4.15. The third-order valence-corrected chi connectivity index (χ3v) is 7.80. The second kappa shape index (κ2) is 12.8. The summed E-state index contributed by atoms with van der Waals surface area (Å²) < 4.78 is 51.6. The number of sulfonamides is 1. The number of amides is 1. The van der Waals surface area contributed by atoms with Gasteiger partial charge in [0.25, 0.3) is 0 Å². The van der Waals surface area contributed by atoms with Crippen LogP contribution < -0.4 is 10.1 Å². The summed E-state index contributed by atoms with van der Waals surface area (Å²) in [6, 6.07) is 9.13. The first-order chi connectivity index (χ1) is 17.2. The molecule has 0 spiro atoms. The molecule has 3 rings (SSSR count). The minimum Gasteiger partial charge on any atom is -0.494 e. The van der Waals surface area contributed by atoms with Crippen LogP contribution in [0.3, 0.4) is 0 Å². The number of nitrogens with zero attached hydrogens (tertiary/aromatic N) is 1. The van der Waals surface area contributed by atoms with Crippen molar-refractivity contribution in [3.63, 3.8) is 0 Å². The normalized spacial score (nSPS) is 17.3. The first-order valence-corrected chi connectivity index (χ1v) is 13.2. The molecule has 1 fully saturated rings. The molecule has 196 valence electrons. The predicted octanol–water partition coefficient (Wildman–Crippen LogP) is 2.60. The topological polar surface area (TPSA) is 122 Å². The third-order valence-electron chi connectivity index (χ3n) is 5.90. The molecule has 2 atom stereocenters. The molecular formula is C25H31FN2O7S. The van der Waals surface area contributed by atoms with E-state index in [2.05, 4.69) is 5.32 Å². The molecule has 2 aromatic rings. The molecule has 1 aliphatic rings. The standard InChI is InChI=1S/C25H31FN2O7S/c1-34-14-5-15-35-20-11-9-18(10-12-20)16-22(25(30)31)27-24(29)23-8-2-3-13-28(23)36(32,33)21-7-4-6-19(26)17-21/h4,6-7,9-12,17,22-23H,2-3,5,8,13-16H2,1H3,(H,27,29)(H,30,31). The van der Waals surface area contributed by atoms with Crippen LogP contribution in [-0.2, 0) is 30.8 Å². The highest BCUT2D eigenvalue weighted by Gasteiger charge is 2.39. The summed E-state index contributed by atoms with van der Waals surface area (Å²) in [5, 5.41) is 12.2. The van der Waals surface area contributed by atoms with Gasteiger partial charge in [-0.2, -0.15) is 4.31 Å². The van der Waals surface area contributed by atoms with E-state index < -0.39 is 39.8 Å². The Labute approximate surface area is 210 Å². The highest BCUT2D eigenvalue weighted by Crippen LogP contribution is 2.26. The zero-order chi connectivity index (χ0) is 26.1. The van der Waals surface area contributed by atoms with Crippen molar-refractivity contribution >= 4 is 21.9 Å². The van der Waals surface area contributed by atoms with Crippen molar-refractivity contribution < 1.29 is 37.0 Å². The molecule has 2 unspecified atom stereocenters. The molecule has 0 saturated carbocycles. The van der Waals surface area contributed by atoms with Crippen molar-refractivity contribution in [2.24, 2.45) is 0 Å². The van der Waals surface area contributed by atoms with Crippen molar-refractivity contribution in [1.29, 1.82) is 0 Å². The fourth-order valence-electron chi connectivity index (χ4n) is 4.04. The van der Waals surface area contributed by atoms with Gasteiger partial charge in [-0.25, -0.2) is 17.6 Å². The van der Waals surface area contributed by atoms with Crippen LogP contribution in [0.4, 0.5) is 4.39 Å². The maximum atomic E-state index is 13.7. The summed E-state index contributed by atoms with van der Waals surface area (Å²) >= 11 is 0. The molecule has 2 N–H and O–H groups in total. The number of halogens is 1. The monoisotopic (exact) mass is 522 g/mol. The van der Waals surface area contributed by atoms with Crippen LogP contribution in [-0.4, -0.2) is 68.7 Å². The summed E-state index contributed by atoms with van der Waals surface area (Å²) in [5.41, 5.74) is 0.667. The van der Waals surface area contributed by atoms with Crippen LogP contribution in [0, 0.1) is 5.82 Å². The third kappa shape index (κ3) is 7.25. The van der Waals surface area contributed by atoms with E-state index in [1.807, 2.05) is 0 Å². The van der Waals surface area contributed by atoms with Crippen molar-refractivity contribution in [1.82, 2.24) is 9.62 Å². The molecule has 1 amide bonds. The summed E-state index contributed by atoms with van der Waals surface area (Å²) in [6.07, 6.45) is 2.13. The average molecular weight is 523 g/mol. The van der Waals surface area contributed by atoms with Gasteiger partial charge in [-0.1, -0.05) is 24.6 Å². The number of methoxy groups -OCH3 is 1. The van der Waals surface area contributed by atoms with Crippen molar-refractivity contribution in [3.8, 4) is 5.75 Å². The largest absolute Gasteiger partial charge is 0.494 e. The molecule has 1 heterocycles. The van der Waals surface area contributed by atoms with Crippen LogP contribution in [0.2, 0.25) is 0 Å². The van der Waals surface area contributed by atoms with Gasteiger partial charge in [0.2, 0.25) is 15.9 Å². The Morgan fingerprint density at radius 2 is 1.92 bits per heavy atom. The highest BCUT2D eigenvalue weighted by atomic mass is 32.2. The van der Waals surface area contributed by atoms with Crippen LogP contribution in [0.15, 0.2) is 53.4 Å². The molecule has 36 heavy (non-hydrogen) atoms. The van der Waals surface area contributed by atoms with Gasteiger partial charge >= 0.3 is 5.97 Å². The van der Waals surface area contributed by atoms with Crippen molar-refractivity contribution in [2.75, 3.05) is 26.9 Å². The second-order valence-corrected chi connectivity index (χ2v) is 10.4. The molecular weight excluding hydrogens is 491 g/mol. The van der Waals surface area contributed by atoms with E-state index in [4.69, 9.17) is 9.47 Å². The lowest BCUT2D eigenvalue weighted by atomic mass is 10.0. The summed E-state index contributed by atoms with van der Waals surface area (Å²) in [5.74, 6) is -2.00. The van der Waals surface area contributed by atoms with E-state index in [1.165, 1.54) is 12.1 Å². The Morgan fingerprint density at radius 3 is 2.58 bits per heavy atom. The van der Waals surface area contributed by atoms with Gasteiger partial charge in [0.05, 0.1) is 11.5 Å². The van der Waals surface area contributed by atoms with Gasteiger partial charge in [0.1, 0.15) is 23.7 Å². The maximum absolute atomic E-state index is 13.7. The SMILES string of the molecule is COCCCOc1ccc(CC(NC(=O)C2CCCCN2S(=O)(=O)c2cccc(F)c2)C(=O)O)cc1. The first kappa shape index (κ1) is 27.6. The summed E-state index contributed by atoms with van der Waals surface area (Å²) in [4.78, 5) is 24.8. The van der Waals surface area contributed by atoms with Crippen LogP contribution in [0.1, 0.15) is 31.2 Å². The Balaban J connectivity index is 1.68. The molecule has 0 bridgehead atoms. The molecule has 0 aromatic heterocycles. The Morgan fingerprint density at radius 1 is 1.17 bits per heavy atom. The zero-order valence-electron chi connectivity index (χ0n) is 20.1. The Kier molecular flexibility index (Phi) is 9.80. The maximum Gasteiger partial charge on any atom is 0.326 e. The number of nitrogens with one attached hydrogen (secondary N) is 1. The lowest BCUT2D eigenvalue weighted by Crippen LogP contribution is -2.55. The van der Waals surface area contributed by atoms with Crippen molar-refractivity contribution in [2.45, 2.75) is 49.1 Å². The number of piperidine rings is 1. The number of ether oxygens (including phenoxy) is 2. The average Bonchev–Trinajstić information content (AvgIpc) is 2.87. The number of benzene rings is 2. The van der Waals surface area contributed by atoms with E-state index in [9.17, 15) is 27.5 Å². The van der Waals surface area contributed by atoms with E-state index >= 15 is 0 Å². The van der Waals surface area contributed by atoms with E-state index in [-0.39, 0.29) is 24.3 Å². The predicted molar refractivity (Wildman–Crippen MR) is 130 cm³/mol. The van der Waals surface area contributed by atoms with Gasteiger partial charge < -0.3 is 19.9 Å². The van der Waals surface area contributed by atoms with E-state index in [0.29, 0.717) is 37.4 Å². The summed E-state index contributed by atoms with van der Waals surface area (Å²) in [7, 11) is -2.53. The van der Waals surface area contributed by atoms with Gasteiger partial charge in [0, 0.05) is 33.1 Å². The number of rotatable bonds is 12. The van der Waals surface area contributed by atoms with Gasteiger partial charge in [-0.05, 0) is 48.7 Å². The number of aliphatic carboxylic acids is 1. The number of carbonyl (C=O) groups is 2. The van der Waals surface area contributed by atoms with Gasteiger partial charge in [-0.3, -0.25) is 4.79 Å². The first-order valence-electron chi connectivity index (χ1n) is 11.7. The molecule has 11 heteroatoms. The number of carboxylic acid groups (broad SMARTS) is 1. The Hall–Kier alpha value is -3.02. The highest BCUT2D eigenvalue weighted by molar-refractivity contribution is 7.89. The summed E-state index contributed by atoms with van der Waals surface area (Å²) in [6.45, 7) is 1.15. The second-order valence-electron chi connectivity index (χ2n) is 8.53. The van der Waals surface area contributed by atoms with Gasteiger partial charge in [0.15, 0.2) is 0 Å². The van der Waals surface area contributed by atoms with Crippen LogP contribution >= 0.6 is 0 Å². The van der Waals surface area contributed by atoms with E-state index in [0.717, 1.165) is 22.9 Å². The van der Waals surface area contributed by atoms with Crippen molar-refractivity contribution in [3.05, 3.63) is 59.9 Å². The fourth-order valence-corrected chi connectivity index (χ4v) is 5.72. The molecule has 0 aliphatic carbocycles. The number of carboxylic acids is 1. The van der Waals surface area contributed by atoms with Gasteiger partial charge in [-0.15, -0.1) is 0 Å². The molecule has 9 nitrogen and oxygen atoms in total. The number of hydrogen-bond donors (Lipinski definition) is 2. The lowest BCUT2D eigenvalue weighted by Gasteiger charge is -2.34. The lowest BCUT2D eigenvalue weighted by molar-refractivity contribution is -0.142. The van der Waals surface area contributed by atoms with Crippen LogP contribution in [0.25, 0.3) is 0 Å². The fraction of sp³-hybridized carbons (Fsp3) is 0.440.